The van der Waals surface area contributed by atoms with Crippen LogP contribution in [0.4, 0.5) is 0 Å². The number of aliphatic hydroxyl groups excluding tert-OH is 1. The molecule has 0 amide bonds. The summed E-state index contributed by atoms with van der Waals surface area (Å²) in [6.45, 7) is 4.68. The summed E-state index contributed by atoms with van der Waals surface area (Å²) in [5.74, 6) is 0. The molecule has 0 aromatic heterocycles. The van der Waals surface area contributed by atoms with Gasteiger partial charge in [-0.2, -0.15) is 0 Å². The summed E-state index contributed by atoms with van der Waals surface area (Å²) in [7, 11) is 0. The first-order valence-corrected chi connectivity index (χ1v) is 7.88. The largest absolute Gasteiger partial charge is 0.396 e. The maximum Gasteiger partial charge on any atom is 0.0431 e. The SMILES string of the molecule is Cc1ccc(C(N)CCN2CCCC2CCCO)cc1. The van der Waals surface area contributed by atoms with Gasteiger partial charge < -0.3 is 15.7 Å². The zero-order valence-corrected chi connectivity index (χ0v) is 12.6. The molecule has 2 unspecified atom stereocenters. The van der Waals surface area contributed by atoms with Crippen LogP contribution in [0.25, 0.3) is 0 Å². The molecule has 0 bridgehead atoms. The third-order valence-electron chi connectivity index (χ3n) is 4.43. The van der Waals surface area contributed by atoms with Crippen LogP contribution in [-0.4, -0.2) is 35.7 Å². The second-order valence-electron chi connectivity index (χ2n) is 6.00. The van der Waals surface area contributed by atoms with E-state index < -0.39 is 0 Å². The Morgan fingerprint density at radius 1 is 1.35 bits per heavy atom. The number of nitrogens with zero attached hydrogens (tertiary/aromatic N) is 1. The molecule has 2 rings (SSSR count). The molecule has 3 heteroatoms. The minimum Gasteiger partial charge on any atom is -0.396 e. The van der Waals surface area contributed by atoms with Crippen LogP contribution in [0.1, 0.15) is 49.3 Å². The normalized spacial score (nSPS) is 21.2. The fourth-order valence-electron chi connectivity index (χ4n) is 3.13. The molecule has 0 spiro atoms. The molecule has 2 atom stereocenters. The number of likely N-dealkylation sites (tertiary alicyclic amines) is 1. The predicted molar refractivity (Wildman–Crippen MR) is 83.6 cm³/mol. The number of hydrogen-bond donors (Lipinski definition) is 2. The molecule has 1 aliphatic heterocycles. The van der Waals surface area contributed by atoms with E-state index in [0.717, 1.165) is 25.8 Å². The minimum absolute atomic E-state index is 0.134. The summed E-state index contributed by atoms with van der Waals surface area (Å²) in [5, 5.41) is 8.96. The monoisotopic (exact) mass is 276 g/mol. The Bertz CT molecular complexity index is 390. The Morgan fingerprint density at radius 3 is 2.80 bits per heavy atom. The molecule has 1 aromatic carbocycles. The second kappa shape index (κ2) is 7.77. The topological polar surface area (TPSA) is 49.5 Å². The fourth-order valence-corrected chi connectivity index (χ4v) is 3.13. The van der Waals surface area contributed by atoms with Gasteiger partial charge in [-0.05, 0) is 51.1 Å². The molecule has 0 saturated carbocycles. The van der Waals surface area contributed by atoms with E-state index in [-0.39, 0.29) is 6.04 Å². The van der Waals surface area contributed by atoms with Gasteiger partial charge in [-0.15, -0.1) is 0 Å². The lowest BCUT2D eigenvalue weighted by molar-refractivity contribution is 0.211. The molecule has 112 valence electrons. The molecular formula is C17H28N2O. The van der Waals surface area contributed by atoms with Crippen molar-refractivity contribution in [3.63, 3.8) is 0 Å². The molecule has 3 N–H and O–H groups in total. The molecular weight excluding hydrogens is 248 g/mol. The van der Waals surface area contributed by atoms with Crippen molar-refractivity contribution in [1.82, 2.24) is 4.90 Å². The van der Waals surface area contributed by atoms with Gasteiger partial charge in [-0.1, -0.05) is 29.8 Å². The second-order valence-corrected chi connectivity index (χ2v) is 6.00. The molecule has 1 saturated heterocycles. The highest BCUT2D eigenvalue weighted by molar-refractivity contribution is 5.23. The van der Waals surface area contributed by atoms with Gasteiger partial charge in [0.25, 0.3) is 0 Å². The Labute approximate surface area is 122 Å². The van der Waals surface area contributed by atoms with E-state index in [1.165, 1.54) is 30.5 Å². The Morgan fingerprint density at radius 2 is 2.10 bits per heavy atom. The summed E-state index contributed by atoms with van der Waals surface area (Å²) >= 11 is 0. The van der Waals surface area contributed by atoms with Crippen molar-refractivity contribution in [2.75, 3.05) is 19.7 Å². The first kappa shape index (κ1) is 15.5. The third kappa shape index (κ3) is 4.30. The van der Waals surface area contributed by atoms with E-state index in [4.69, 9.17) is 10.8 Å². The Balaban J connectivity index is 1.80. The number of hydrogen-bond acceptors (Lipinski definition) is 3. The van der Waals surface area contributed by atoms with Crippen molar-refractivity contribution >= 4 is 0 Å². The zero-order valence-electron chi connectivity index (χ0n) is 12.6. The predicted octanol–water partition coefficient (Wildman–Crippen LogP) is 2.62. The van der Waals surface area contributed by atoms with Crippen molar-refractivity contribution in [2.45, 2.75) is 51.1 Å². The van der Waals surface area contributed by atoms with Gasteiger partial charge in [0.05, 0.1) is 0 Å². The first-order chi connectivity index (χ1) is 9.70. The van der Waals surface area contributed by atoms with Crippen LogP contribution >= 0.6 is 0 Å². The van der Waals surface area contributed by atoms with Gasteiger partial charge in [0.1, 0.15) is 0 Å². The van der Waals surface area contributed by atoms with Crippen LogP contribution < -0.4 is 5.73 Å². The zero-order chi connectivity index (χ0) is 14.4. The van der Waals surface area contributed by atoms with Gasteiger partial charge in [0, 0.05) is 25.2 Å². The van der Waals surface area contributed by atoms with E-state index in [1.54, 1.807) is 0 Å². The summed E-state index contributed by atoms with van der Waals surface area (Å²) in [4.78, 5) is 2.56. The maximum absolute atomic E-state index is 8.96. The standard InChI is InChI=1S/C17H28N2O/c1-14-6-8-15(9-7-14)17(18)10-12-19-11-2-4-16(19)5-3-13-20/h6-9,16-17,20H,2-5,10-13,18H2,1H3. The van der Waals surface area contributed by atoms with Crippen LogP contribution in [0.5, 0.6) is 0 Å². The molecule has 1 heterocycles. The van der Waals surface area contributed by atoms with E-state index in [0.29, 0.717) is 12.6 Å². The van der Waals surface area contributed by atoms with Crippen LogP contribution in [0.3, 0.4) is 0 Å². The van der Waals surface area contributed by atoms with E-state index in [1.807, 2.05) is 0 Å². The third-order valence-corrected chi connectivity index (χ3v) is 4.43. The highest BCUT2D eigenvalue weighted by Gasteiger charge is 2.24. The van der Waals surface area contributed by atoms with Gasteiger partial charge in [0.15, 0.2) is 0 Å². The highest BCUT2D eigenvalue weighted by atomic mass is 16.2. The summed E-state index contributed by atoms with van der Waals surface area (Å²) in [6.07, 6.45) is 5.62. The lowest BCUT2D eigenvalue weighted by atomic mass is 10.0. The number of rotatable bonds is 7. The lowest BCUT2D eigenvalue weighted by Crippen LogP contribution is -2.32. The molecule has 1 fully saturated rings. The molecule has 0 radical (unpaired) electrons. The average Bonchev–Trinajstić information content (AvgIpc) is 2.90. The molecule has 1 aliphatic rings. The molecule has 20 heavy (non-hydrogen) atoms. The average molecular weight is 276 g/mol. The summed E-state index contributed by atoms with van der Waals surface area (Å²) < 4.78 is 0. The summed E-state index contributed by atoms with van der Waals surface area (Å²) in [5.41, 5.74) is 8.82. The molecule has 0 aliphatic carbocycles. The smallest absolute Gasteiger partial charge is 0.0431 e. The molecule has 1 aromatic rings. The molecule has 3 nitrogen and oxygen atoms in total. The van der Waals surface area contributed by atoms with Crippen LogP contribution in [0.15, 0.2) is 24.3 Å². The van der Waals surface area contributed by atoms with E-state index in [2.05, 4.69) is 36.1 Å². The van der Waals surface area contributed by atoms with Gasteiger partial charge in [0.2, 0.25) is 0 Å². The van der Waals surface area contributed by atoms with Crippen LogP contribution in [0, 0.1) is 6.92 Å². The Kier molecular flexibility index (Phi) is 6.02. The van der Waals surface area contributed by atoms with Crippen molar-refractivity contribution < 1.29 is 5.11 Å². The van der Waals surface area contributed by atoms with Gasteiger partial charge in [-0.3, -0.25) is 0 Å². The fraction of sp³-hybridized carbons (Fsp3) is 0.647. The van der Waals surface area contributed by atoms with E-state index >= 15 is 0 Å². The van der Waals surface area contributed by atoms with Crippen molar-refractivity contribution in [3.8, 4) is 0 Å². The number of aryl methyl sites for hydroxylation is 1. The van der Waals surface area contributed by atoms with Crippen molar-refractivity contribution in [1.29, 1.82) is 0 Å². The lowest BCUT2D eigenvalue weighted by Gasteiger charge is -2.25. The van der Waals surface area contributed by atoms with Crippen LogP contribution in [0.2, 0.25) is 0 Å². The number of nitrogens with two attached hydrogens (primary N) is 1. The van der Waals surface area contributed by atoms with E-state index in [9.17, 15) is 0 Å². The van der Waals surface area contributed by atoms with Crippen LogP contribution in [-0.2, 0) is 0 Å². The maximum atomic E-state index is 8.96. The highest BCUT2D eigenvalue weighted by Crippen LogP contribution is 2.23. The number of benzene rings is 1. The number of aliphatic hydroxyl groups is 1. The quantitative estimate of drug-likeness (QED) is 0.805. The van der Waals surface area contributed by atoms with Crippen molar-refractivity contribution in [3.05, 3.63) is 35.4 Å². The van der Waals surface area contributed by atoms with Gasteiger partial charge in [-0.25, -0.2) is 0 Å². The first-order valence-electron chi connectivity index (χ1n) is 7.88. The van der Waals surface area contributed by atoms with Gasteiger partial charge >= 0.3 is 0 Å². The van der Waals surface area contributed by atoms with Crippen molar-refractivity contribution in [2.24, 2.45) is 5.73 Å². The Hall–Kier alpha value is -0.900. The summed E-state index contributed by atoms with van der Waals surface area (Å²) in [6, 6.07) is 9.35. The minimum atomic E-state index is 0.134.